The normalized spacial score (nSPS) is 31.4. The maximum Gasteiger partial charge on any atom is 0.250 e. The van der Waals surface area contributed by atoms with Crippen LogP contribution in [0.25, 0.3) is 0 Å². The van der Waals surface area contributed by atoms with Crippen LogP contribution in [0.5, 0.6) is 0 Å². The summed E-state index contributed by atoms with van der Waals surface area (Å²) in [5.41, 5.74) is 2.23. The van der Waals surface area contributed by atoms with E-state index in [-0.39, 0.29) is 23.8 Å². The fraction of sp³-hybridized carbons (Fsp3) is 0.375. The first kappa shape index (κ1) is 18.7. The van der Waals surface area contributed by atoms with Gasteiger partial charge in [0.25, 0.3) is 0 Å². The van der Waals surface area contributed by atoms with Crippen molar-refractivity contribution < 1.29 is 18.8 Å². The van der Waals surface area contributed by atoms with Gasteiger partial charge in [-0.3, -0.25) is 19.3 Å². The van der Waals surface area contributed by atoms with Crippen molar-refractivity contribution in [3.8, 4) is 0 Å². The molecule has 6 nitrogen and oxygen atoms in total. The molecule has 0 radical (unpaired) electrons. The van der Waals surface area contributed by atoms with E-state index in [1.807, 2.05) is 30.9 Å². The second-order valence-electron chi connectivity index (χ2n) is 9.10. The first-order valence-electron chi connectivity index (χ1n) is 10.7. The Bertz CT molecular complexity index is 1190. The quantitative estimate of drug-likeness (QED) is 0.722. The van der Waals surface area contributed by atoms with E-state index in [1.54, 1.807) is 6.07 Å². The number of aryl methyl sites for hydroxylation is 2. The second kappa shape index (κ2) is 6.01. The molecule has 3 saturated heterocycles. The molecule has 0 aromatic heterocycles. The highest BCUT2D eigenvalue weighted by molar-refractivity contribution is 6.25. The molecule has 4 heterocycles. The number of rotatable bonds is 1. The smallest absolute Gasteiger partial charge is 0.250 e. The van der Waals surface area contributed by atoms with Gasteiger partial charge in [-0.25, -0.2) is 9.29 Å². The van der Waals surface area contributed by atoms with E-state index in [4.69, 9.17) is 0 Å². The van der Waals surface area contributed by atoms with Crippen molar-refractivity contribution in [2.75, 3.05) is 16.8 Å². The lowest BCUT2D eigenvalue weighted by atomic mass is 9.75. The van der Waals surface area contributed by atoms with Gasteiger partial charge in [-0.2, -0.15) is 0 Å². The summed E-state index contributed by atoms with van der Waals surface area (Å²) in [6, 6.07) is 9.49. The minimum atomic E-state index is -1.34. The SMILES string of the molecule is Cc1ccc(N2C(=O)[C@H]3[C@H]4CCCN4[C@@]4(C(=O)Nc5ccc(F)cc54)[C@@H]3C2=O)cc1C. The van der Waals surface area contributed by atoms with Gasteiger partial charge in [0.2, 0.25) is 17.7 Å². The number of fused-ring (bicyclic) bond motifs is 7. The predicted molar refractivity (Wildman–Crippen MR) is 112 cm³/mol. The van der Waals surface area contributed by atoms with Gasteiger partial charge in [0.15, 0.2) is 0 Å². The van der Waals surface area contributed by atoms with E-state index in [0.29, 0.717) is 23.5 Å². The summed E-state index contributed by atoms with van der Waals surface area (Å²) in [7, 11) is 0. The number of nitrogens with one attached hydrogen (secondary N) is 1. The fourth-order valence-corrected chi connectivity index (χ4v) is 6.29. The zero-order valence-electron chi connectivity index (χ0n) is 17.3. The molecule has 0 aliphatic carbocycles. The van der Waals surface area contributed by atoms with E-state index in [2.05, 4.69) is 5.32 Å². The lowest BCUT2D eigenvalue weighted by molar-refractivity contribution is -0.135. The molecule has 0 unspecified atom stereocenters. The van der Waals surface area contributed by atoms with Crippen LogP contribution < -0.4 is 10.2 Å². The summed E-state index contributed by atoms with van der Waals surface area (Å²) >= 11 is 0. The first-order chi connectivity index (χ1) is 14.9. The molecule has 6 rings (SSSR count). The minimum Gasteiger partial charge on any atom is -0.324 e. The maximum atomic E-state index is 14.3. The third-order valence-electron chi connectivity index (χ3n) is 7.70. The van der Waals surface area contributed by atoms with Crippen LogP contribution in [0.3, 0.4) is 0 Å². The van der Waals surface area contributed by atoms with E-state index in [9.17, 15) is 18.8 Å². The van der Waals surface area contributed by atoms with E-state index in [0.717, 1.165) is 24.0 Å². The van der Waals surface area contributed by atoms with Crippen molar-refractivity contribution >= 4 is 29.1 Å². The van der Waals surface area contributed by atoms with Crippen molar-refractivity contribution in [3.63, 3.8) is 0 Å². The number of hydrogen-bond donors (Lipinski definition) is 1. The number of amides is 3. The molecule has 0 saturated carbocycles. The monoisotopic (exact) mass is 419 g/mol. The summed E-state index contributed by atoms with van der Waals surface area (Å²) in [5.74, 6) is -2.91. The summed E-state index contributed by atoms with van der Waals surface area (Å²) in [6.45, 7) is 4.51. The number of benzene rings is 2. The molecule has 2 aromatic carbocycles. The molecular weight excluding hydrogens is 397 g/mol. The van der Waals surface area contributed by atoms with Gasteiger partial charge in [-0.05, 0) is 74.7 Å². The van der Waals surface area contributed by atoms with Crippen molar-refractivity contribution in [3.05, 3.63) is 58.9 Å². The van der Waals surface area contributed by atoms with Crippen LogP contribution in [0.4, 0.5) is 15.8 Å². The number of hydrogen-bond acceptors (Lipinski definition) is 4. The van der Waals surface area contributed by atoms with Crippen molar-refractivity contribution in [2.24, 2.45) is 11.8 Å². The summed E-state index contributed by atoms with van der Waals surface area (Å²) in [6.07, 6.45) is 1.57. The molecule has 7 heteroatoms. The summed E-state index contributed by atoms with van der Waals surface area (Å²) in [4.78, 5) is 44.2. The molecule has 0 bridgehead atoms. The molecule has 31 heavy (non-hydrogen) atoms. The fourth-order valence-electron chi connectivity index (χ4n) is 6.29. The summed E-state index contributed by atoms with van der Waals surface area (Å²) in [5, 5.41) is 2.86. The average molecular weight is 419 g/mol. The highest BCUT2D eigenvalue weighted by Gasteiger charge is 2.74. The van der Waals surface area contributed by atoms with E-state index < -0.39 is 23.2 Å². The van der Waals surface area contributed by atoms with Crippen molar-refractivity contribution in [1.29, 1.82) is 0 Å². The van der Waals surface area contributed by atoms with Crippen molar-refractivity contribution in [1.82, 2.24) is 4.90 Å². The van der Waals surface area contributed by atoms with Gasteiger partial charge in [0.1, 0.15) is 11.4 Å². The van der Waals surface area contributed by atoms with Gasteiger partial charge in [-0.1, -0.05) is 6.07 Å². The average Bonchev–Trinajstić information content (AvgIpc) is 3.43. The number of carbonyl (C=O) groups excluding carboxylic acids is 3. The van der Waals surface area contributed by atoms with Gasteiger partial charge >= 0.3 is 0 Å². The van der Waals surface area contributed by atoms with Crippen LogP contribution in [0.1, 0.15) is 29.5 Å². The molecule has 4 atom stereocenters. The van der Waals surface area contributed by atoms with Crippen LogP contribution in [0.2, 0.25) is 0 Å². The Balaban J connectivity index is 1.56. The zero-order chi connectivity index (χ0) is 21.7. The number of carbonyl (C=O) groups is 3. The lowest BCUT2D eigenvalue weighted by Crippen LogP contribution is -2.54. The Morgan fingerprint density at radius 3 is 2.61 bits per heavy atom. The Hall–Kier alpha value is -3.06. The minimum absolute atomic E-state index is 0.210. The molecule has 4 aliphatic heterocycles. The number of nitrogens with zero attached hydrogens (tertiary/aromatic N) is 2. The van der Waals surface area contributed by atoms with Crippen molar-refractivity contribution in [2.45, 2.75) is 38.3 Å². The molecule has 1 N–H and O–H groups in total. The Kier molecular flexibility index (Phi) is 3.62. The van der Waals surface area contributed by atoms with Gasteiger partial charge in [0.05, 0.1) is 17.5 Å². The lowest BCUT2D eigenvalue weighted by Gasteiger charge is -2.36. The highest BCUT2D eigenvalue weighted by Crippen LogP contribution is 2.60. The zero-order valence-corrected chi connectivity index (χ0v) is 17.3. The number of halogens is 1. The molecule has 3 amide bonds. The highest BCUT2D eigenvalue weighted by atomic mass is 19.1. The molecule has 3 fully saturated rings. The third-order valence-corrected chi connectivity index (χ3v) is 7.70. The van der Waals surface area contributed by atoms with E-state index in [1.165, 1.54) is 23.1 Å². The molecule has 4 aliphatic rings. The van der Waals surface area contributed by atoms with Crippen LogP contribution in [0.15, 0.2) is 36.4 Å². The van der Waals surface area contributed by atoms with Gasteiger partial charge < -0.3 is 5.32 Å². The van der Waals surface area contributed by atoms with E-state index >= 15 is 0 Å². The number of anilines is 2. The second-order valence-corrected chi connectivity index (χ2v) is 9.10. The standard InChI is InChI=1S/C24H22FN3O3/c1-12-5-7-15(10-13(12)2)28-21(29)19-18-4-3-9-27(18)24(20(19)22(28)30)16-11-14(25)6-8-17(16)26-23(24)31/h5-8,10-11,18-20H,3-4,9H2,1-2H3,(H,26,31)/t18-,19+,20+,24-/m1/s1. The molecule has 158 valence electrons. The topological polar surface area (TPSA) is 69.7 Å². The Morgan fingerprint density at radius 2 is 1.84 bits per heavy atom. The third kappa shape index (κ3) is 2.12. The van der Waals surface area contributed by atoms with Crippen LogP contribution in [0, 0.1) is 31.5 Å². The Morgan fingerprint density at radius 1 is 1.03 bits per heavy atom. The predicted octanol–water partition coefficient (Wildman–Crippen LogP) is 2.87. The van der Waals surface area contributed by atoms with Gasteiger partial charge in [0, 0.05) is 17.3 Å². The molecule has 2 aromatic rings. The summed E-state index contributed by atoms with van der Waals surface area (Å²) < 4.78 is 14.3. The van der Waals surface area contributed by atoms with Crippen LogP contribution >= 0.6 is 0 Å². The Labute approximate surface area is 179 Å². The van der Waals surface area contributed by atoms with Crippen LogP contribution in [-0.4, -0.2) is 35.2 Å². The number of imide groups is 1. The van der Waals surface area contributed by atoms with Crippen LogP contribution in [-0.2, 0) is 19.9 Å². The molecule has 1 spiro atoms. The van der Waals surface area contributed by atoms with Gasteiger partial charge in [-0.15, -0.1) is 0 Å². The largest absolute Gasteiger partial charge is 0.324 e. The first-order valence-corrected chi connectivity index (χ1v) is 10.7. The maximum absolute atomic E-state index is 14.3. The molecular formula is C24H22FN3O3.